The molecule has 0 saturated carbocycles. The molecule has 1 unspecified atom stereocenters. The number of rotatable bonds is 12. The number of amides is 3. The van der Waals surface area contributed by atoms with E-state index >= 15 is 0 Å². The molecule has 0 aromatic heterocycles. The average Bonchev–Trinajstić information content (AvgIpc) is 3.04. The summed E-state index contributed by atoms with van der Waals surface area (Å²) in [5, 5.41) is 7.45. The van der Waals surface area contributed by atoms with Gasteiger partial charge in [0.25, 0.3) is 11.8 Å². The molecule has 3 amide bonds. The van der Waals surface area contributed by atoms with Crippen LogP contribution in [-0.4, -0.2) is 29.6 Å². The number of carbonyl (C=O) groups excluding carboxylic acids is 3. The van der Waals surface area contributed by atoms with E-state index in [4.69, 9.17) is 4.74 Å². The van der Waals surface area contributed by atoms with E-state index in [0.717, 1.165) is 12.1 Å². The molecule has 0 aliphatic heterocycles. The highest BCUT2D eigenvalue weighted by molar-refractivity contribution is 8.00. The summed E-state index contributed by atoms with van der Waals surface area (Å²) >= 11 is 1.21. The van der Waals surface area contributed by atoms with E-state index < -0.39 is 34.7 Å². The van der Waals surface area contributed by atoms with Gasteiger partial charge in [0.15, 0.2) is 0 Å². The summed E-state index contributed by atoms with van der Waals surface area (Å²) in [4.78, 5) is 40.1. The first kappa shape index (κ1) is 33.9. The molecule has 1 atom stereocenters. The quantitative estimate of drug-likeness (QED) is 0.107. The summed E-state index contributed by atoms with van der Waals surface area (Å²) in [7, 11) is 0. The number of ether oxygens (including phenoxy) is 1. The van der Waals surface area contributed by atoms with Gasteiger partial charge in [0.1, 0.15) is 11.4 Å². The van der Waals surface area contributed by atoms with Gasteiger partial charge >= 0.3 is 6.18 Å². The Morgan fingerprint density at radius 1 is 0.826 bits per heavy atom. The Hall–Kier alpha value is -5.03. The Labute approximate surface area is 269 Å². The molecular weight excluding hydrogens is 615 g/mol. The van der Waals surface area contributed by atoms with Gasteiger partial charge in [-0.1, -0.05) is 49.4 Å². The standard InChI is InChI=1S/C35H32F3N3O4S/c1-3-31(34(44)40-26-13-8-12-25(21-26)35(36,37)38)46-29-15-9-14-27(22-29)39-33(43)30(41-32(42)24-10-6-5-7-11-24)20-23-16-18-28(19-17-23)45-4-2/h5-22,31H,3-4H2,1-2H3,(H,39,43)(H,40,44)(H,41,42)/b30-20+. The van der Waals surface area contributed by atoms with Crippen LogP contribution in [-0.2, 0) is 15.8 Å². The lowest BCUT2D eigenvalue weighted by Gasteiger charge is -2.16. The first-order valence-electron chi connectivity index (χ1n) is 14.4. The normalized spacial score (nSPS) is 12.2. The molecule has 0 fully saturated rings. The van der Waals surface area contributed by atoms with Gasteiger partial charge in [-0.05, 0) is 85.6 Å². The molecule has 46 heavy (non-hydrogen) atoms. The molecule has 0 aliphatic rings. The number of carbonyl (C=O) groups is 3. The van der Waals surface area contributed by atoms with Gasteiger partial charge in [-0.15, -0.1) is 11.8 Å². The van der Waals surface area contributed by atoms with Crippen LogP contribution in [0.25, 0.3) is 6.08 Å². The Balaban J connectivity index is 1.49. The number of benzene rings is 4. The van der Waals surface area contributed by atoms with E-state index in [2.05, 4.69) is 16.0 Å². The largest absolute Gasteiger partial charge is 0.494 e. The van der Waals surface area contributed by atoms with E-state index in [1.165, 1.54) is 23.9 Å². The fraction of sp³-hybridized carbons (Fsp3) is 0.171. The maximum atomic E-state index is 13.5. The molecule has 11 heteroatoms. The van der Waals surface area contributed by atoms with E-state index in [0.29, 0.717) is 40.5 Å². The fourth-order valence-electron chi connectivity index (χ4n) is 4.26. The summed E-state index contributed by atoms with van der Waals surface area (Å²) in [5.41, 5.74) is 0.636. The Bertz CT molecular complexity index is 1690. The number of thioether (sulfide) groups is 1. The summed E-state index contributed by atoms with van der Waals surface area (Å²) in [6.45, 7) is 4.18. The van der Waals surface area contributed by atoms with E-state index in [9.17, 15) is 27.6 Å². The van der Waals surface area contributed by atoms with Gasteiger partial charge in [0.05, 0.1) is 17.4 Å². The first-order chi connectivity index (χ1) is 22.0. The summed E-state index contributed by atoms with van der Waals surface area (Å²) in [6.07, 6.45) is -2.58. The zero-order chi connectivity index (χ0) is 33.1. The topological polar surface area (TPSA) is 96.5 Å². The lowest BCUT2D eigenvalue weighted by Crippen LogP contribution is -2.30. The van der Waals surface area contributed by atoms with Crippen LogP contribution in [0.1, 0.15) is 41.8 Å². The average molecular weight is 648 g/mol. The third-order valence-corrected chi connectivity index (χ3v) is 7.88. The predicted octanol–water partition coefficient (Wildman–Crippen LogP) is 8.02. The number of hydrogen-bond acceptors (Lipinski definition) is 5. The number of anilines is 2. The SMILES string of the molecule is CCOc1ccc(/C=C(/NC(=O)c2ccccc2)C(=O)Nc2cccc(SC(CC)C(=O)Nc3cccc(C(F)(F)F)c3)c2)cc1. The molecule has 0 heterocycles. The van der Waals surface area contributed by atoms with Crippen molar-refractivity contribution in [3.8, 4) is 5.75 Å². The zero-order valence-corrected chi connectivity index (χ0v) is 25.9. The van der Waals surface area contributed by atoms with Crippen molar-refractivity contribution in [3.05, 3.63) is 126 Å². The summed E-state index contributed by atoms with van der Waals surface area (Å²) in [5.74, 6) is -0.822. The van der Waals surface area contributed by atoms with Gasteiger partial charge in [-0.2, -0.15) is 13.2 Å². The minimum Gasteiger partial charge on any atom is -0.494 e. The van der Waals surface area contributed by atoms with Crippen LogP contribution in [0.2, 0.25) is 0 Å². The molecule has 0 bridgehead atoms. The van der Waals surface area contributed by atoms with Gasteiger partial charge in [-0.3, -0.25) is 14.4 Å². The van der Waals surface area contributed by atoms with E-state index in [1.54, 1.807) is 91.9 Å². The van der Waals surface area contributed by atoms with Crippen molar-refractivity contribution in [1.29, 1.82) is 0 Å². The Morgan fingerprint density at radius 3 is 2.15 bits per heavy atom. The van der Waals surface area contributed by atoms with Gasteiger partial charge in [0.2, 0.25) is 5.91 Å². The molecule has 0 radical (unpaired) electrons. The molecule has 3 N–H and O–H groups in total. The highest BCUT2D eigenvalue weighted by Crippen LogP contribution is 2.32. The lowest BCUT2D eigenvalue weighted by atomic mass is 10.1. The molecule has 0 spiro atoms. The van der Waals surface area contributed by atoms with Crippen molar-refractivity contribution < 1.29 is 32.3 Å². The number of alkyl halides is 3. The highest BCUT2D eigenvalue weighted by atomic mass is 32.2. The van der Waals surface area contributed by atoms with Crippen molar-refractivity contribution >= 4 is 46.9 Å². The number of nitrogens with one attached hydrogen (secondary N) is 3. The van der Waals surface area contributed by atoms with Crippen molar-refractivity contribution in [2.45, 2.75) is 36.6 Å². The monoisotopic (exact) mass is 647 g/mol. The van der Waals surface area contributed by atoms with Crippen molar-refractivity contribution in [2.75, 3.05) is 17.2 Å². The second-order valence-electron chi connectivity index (χ2n) is 9.94. The third kappa shape index (κ3) is 9.73. The second-order valence-corrected chi connectivity index (χ2v) is 11.2. The number of hydrogen-bond donors (Lipinski definition) is 3. The van der Waals surface area contributed by atoms with Crippen LogP contribution in [0.15, 0.2) is 114 Å². The summed E-state index contributed by atoms with van der Waals surface area (Å²) < 4.78 is 44.8. The maximum absolute atomic E-state index is 13.5. The Kier molecular flexibility index (Phi) is 11.6. The van der Waals surface area contributed by atoms with Crippen molar-refractivity contribution in [1.82, 2.24) is 5.32 Å². The zero-order valence-electron chi connectivity index (χ0n) is 25.1. The van der Waals surface area contributed by atoms with E-state index in [1.807, 2.05) is 6.92 Å². The summed E-state index contributed by atoms with van der Waals surface area (Å²) in [6, 6.07) is 26.8. The van der Waals surface area contributed by atoms with E-state index in [-0.39, 0.29) is 11.4 Å². The van der Waals surface area contributed by atoms with Crippen molar-refractivity contribution in [3.63, 3.8) is 0 Å². The van der Waals surface area contributed by atoms with Crippen LogP contribution < -0.4 is 20.7 Å². The minimum absolute atomic E-state index is 0.00275. The van der Waals surface area contributed by atoms with Crippen LogP contribution in [0.3, 0.4) is 0 Å². The van der Waals surface area contributed by atoms with Gasteiger partial charge in [-0.25, -0.2) is 0 Å². The predicted molar refractivity (Wildman–Crippen MR) is 175 cm³/mol. The van der Waals surface area contributed by atoms with Crippen LogP contribution in [0, 0.1) is 0 Å². The fourth-order valence-corrected chi connectivity index (χ4v) is 5.28. The molecule has 238 valence electrons. The highest BCUT2D eigenvalue weighted by Gasteiger charge is 2.30. The minimum atomic E-state index is -4.53. The third-order valence-electron chi connectivity index (χ3n) is 6.52. The second kappa shape index (κ2) is 15.8. The molecular formula is C35H32F3N3O4S. The van der Waals surface area contributed by atoms with Gasteiger partial charge in [0, 0.05) is 21.8 Å². The lowest BCUT2D eigenvalue weighted by molar-refractivity contribution is -0.137. The molecule has 4 rings (SSSR count). The van der Waals surface area contributed by atoms with Crippen LogP contribution in [0.5, 0.6) is 5.75 Å². The molecule has 7 nitrogen and oxygen atoms in total. The van der Waals surface area contributed by atoms with Crippen molar-refractivity contribution in [2.24, 2.45) is 0 Å². The Morgan fingerprint density at radius 2 is 1.50 bits per heavy atom. The van der Waals surface area contributed by atoms with Crippen LogP contribution >= 0.6 is 11.8 Å². The number of halogens is 3. The van der Waals surface area contributed by atoms with Gasteiger partial charge < -0.3 is 20.7 Å². The molecule has 4 aromatic rings. The molecule has 0 aliphatic carbocycles. The maximum Gasteiger partial charge on any atom is 0.416 e. The smallest absolute Gasteiger partial charge is 0.416 e. The molecule has 0 saturated heterocycles. The first-order valence-corrected chi connectivity index (χ1v) is 15.3. The molecule has 4 aromatic carbocycles. The van der Waals surface area contributed by atoms with Crippen LogP contribution in [0.4, 0.5) is 24.5 Å².